The first-order chi connectivity index (χ1) is 8.78. The van der Waals surface area contributed by atoms with Gasteiger partial charge < -0.3 is 10.1 Å². The second-order valence-electron chi connectivity index (χ2n) is 4.45. The fourth-order valence-corrected chi connectivity index (χ4v) is 1.88. The fraction of sp³-hybridized carbons (Fsp3) is 0.250. The van der Waals surface area contributed by atoms with Crippen LogP contribution >= 0.6 is 0 Å². The molecule has 0 aliphatic heterocycles. The van der Waals surface area contributed by atoms with Crippen molar-refractivity contribution in [1.82, 2.24) is 5.32 Å². The summed E-state index contributed by atoms with van der Waals surface area (Å²) in [6, 6.07) is 16.6. The molecule has 0 aromatic heterocycles. The number of hydrogen-bond acceptors (Lipinski definition) is 2. The van der Waals surface area contributed by atoms with Gasteiger partial charge in [-0.25, -0.2) is 0 Å². The van der Waals surface area contributed by atoms with Crippen molar-refractivity contribution in [3.05, 3.63) is 65.2 Å². The zero-order chi connectivity index (χ0) is 12.8. The SMILES string of the molecule is CNCc1ccc(OCc2cccc(C)c2)cc1. The molecule has 2 aromatic carbocycles. The van der Waals surface area contributed by atoms with E-state index in [4.69, 9.17) is 4.74 Å². The van der Waals surface area contributed by atoms with Crippen molar-refractivity contribution in [3.63, 3.8) is 0 Å². The van der Waals surface area contributed by atoms with Crippen molar-refractivity contribution in [2.24, 2.45) is 0 Å². The Hall–Kier alpha value is -1.80. The van der Waals surface area contributed by atoms with Gasteiger partial charge >= 0.3 is 0 Å². The largest absolute Gasteiger partial charge is 0.489 e. The topological polar surface area (TPSA) is 21.3 Å². The van der Waals surface area contributed by atoms with Gasteiger partial charge in [-0.05, 0) is 37.2 Å². The Kier molecular flexibility index (Phi) is 4.37. The van der Waals surface area contributed by atoms with Crippen molar-refractivity contribution < 1.29 is 4.74 Å². The fourth-order valence-electron chi connectivity index (χ4n) is 1.88. The zero-order valence-corrected chi connectivity index (χ0v) is 10.9. The van der Waals surface area contributed by atoms with Crippen LogP contribution in [0.2, 0.25) is 0 Å². The summed E-state index contributed by atoms with van der Waals surface area (Å²) in [7, 11) is 1.95. The Bertz CT molecular complexity index is 491. The van der Waals surface area contributed by atoms with E-state index in [1.165, 1.54) is 16.7 Å². The maximum Gasteiger partial charge on any atom is 0.119 e. The van der Waals surface area contributed by atoms with Crippen LogP contribution in [0, 0.1) is 6.92 Å². The van der Waals surface area contributed by atoms with Gasteiger partial charge in [0, 0.05) is 6.54 Å². The second-order valence-corrected chi connectivity index (χ2v) is 4.45. The second kappa shape index (κ2) is 6.22. The summed E-state index contributed by atoms with van der Waals surface area (Å²) < 4.78 is 5.76. The third kappa shape index (κ3) is 3.60. The molecule has 0 saturated carbocycles. The smallest absolute Gasteiger partial charge is 0.119 e. The molecule has 0 unspecified atom stereocenters. The Morgan fingerprint density at radius 3 is 2.44 bits per heavy atom. The standard InChI is InChI=1S/C16H19NO/c1-13-4-3-5-15(10-13)12-18-16-8-6-14(7-9-16)11-17-2/h3-10,17H,11-12H2,1-2H3. The first-order valence-corrected chi connectivity index (χ1v) is 6.20. The molecular weight excluding hydrogens is 222 g/mol. The highest BCUT2D eigenvalue weighted by Gasteiger charge is 1.97. The molecule has 0 saturated heterocycles. The third-order valence-corrected chi connectivity index (χ3v) is 2.79. The van der Waals surface area contributed by atoms with E-state index in [1.807, 2.05) is 19.2 Å². The number of aryl methyl sites for hydroxylation is 1. The van der Waals surface area contributed by atoms with Crippen LogP contribution in [0.1, 0.15) is 16.7 Å². The molecule has 0 aliphatic carbocycles. The van der Waals surface area contributed by atoms with Crippen molar-refractivity contribution in [3.8, 4) is 5.75 Å². The van der Waals surface area contributed by atoms with Crippen LogP contribution in [0.5, 0.6) is 5.75 Å². The van der Waals surface area contributed by atoms with Crippen LogP contribution in [-0.2, 0) is 13.2 Å². The molecule has 0 aliphatic rings. The van der Waals surface area contributed by atoms with Crippen molar-refractivity contribution in [2.45, 2.75) is 20.1 Å². The van der Waals surface area contributed by atoms with Gasteiger partial charge in [-0.15, -0.1) is 0 Å². The Balaban J connectivity index is 1.93. The third-order valence-electron chi connectivity index (χ3n) is 2.79. The predicted octanol–water partition coefficient (Wildman–Crippen LogP) is 3.29. The van der Waals surface area contributed by atoms with E-state index in [0.717, 1.165) is 12.3 Å². The summed E-state index contributed by atoms with van der Waals surface area (Å²) in [5.41, 5.74) is 3.73. The van der Waals surface area contributed by atoms with Gasteiger partial charge in [0.2, 0.25) is 0 Å². The van der Waals surface area contributed by atoms with E-state index in [9.17, 15) is 0 Å². The lowest BCUT2D eigenvalue weighted by molar-refractivity contribution is 0.306. The quantitative estimate of drug-likeness (QED) is 0.867. The maximum atomic E-state index is 5.76. The van der Waals surface area contributed by atoms with Gasteiger partial charge in [0.15, 0.2) is 0 Å². The van der Waals surface area contributed by atoms with E-state index in [1.54, 1.807) is 0 Å². The van der Waals surface area contributed by atoms with E-state index in [-0.39, 0.29) is 0 Å². The molecule has 2 rings (SSSR count). The molecule has 0 radical (unpaired) electrons. The van der Waals surface area contributed by atoms with E-state index < -0.39 is 0 Å². The van der Waals surface area contributed by atoms with Gasteiger partial charge in [-0.3, -0.25) is 0 Å². The number of hydrogen-bond donors (Lipinski definition) is 1. The highest BCUT2D eigenvalue weighted by Crippen LogP contribution is 2.14. The Morgan fingerprint density at radius 1 is 1.00 bits per heavy atom. The molecule has 0 atom stereocenters. The summed E-state index contributed by atoms with van der Waals surface area (Å²) in [6.07, 6.45) is 0. The number of nitrogens with one attached hydrogen (secondary N) is 1. The molecule has 18 heavy (non-hydrogen) atoms. The monoisotopic (exact) mass is 241 g/mol. The van der Waals surface area contributed by atoms with Crippen LogP contribution in [0.3, 0.4) is 0 Å². The molecule has 2 heteroatoms. The minimum Gasteiger partial charge on any atom is -0.489 e. The summed E-state index contributed by atoms with van der Waals surface area (Å²) in [5, 5.41) is 3.13. The molecule has 2 nitrogen and oxygen atoms in total. The highest BCUT2D eigenvalue weighted by molar-refractivity contribution is 5.28. The zero-order valence-electron chi connectivity index (χ0n) is 10.9. The lowest BCUT2D eigenvalue weighted by atomic mass is 10.1. The lowest BCUT2D eigenvalue weighted by Gasteiger charge is -2.08. The lowest BCUT2D eigenvalue weighted by Crippen LogP contribution is -2.04. The molecule has 0 fully saturated rings. The summed E-state index contributed by atoms with van der Waals surface area (Å²) in [6.45, 7) is 3.60. The van der Waals surface area contributed by atoms with Crippen molar-refractivity contribution in [1.29, 1.82) is 0 Å². The minimum atomic E-state index is 0.618. The molecule has 0 spiro atoms. The molecule has 94 valence electrons. The molecule has 2 aromatic rings. The van der Waals surface area contributed by atoms with Crippen molar-refractivity contribution in [2.75, 3.05) is 7.05 Å². The summed E-state index contributed by atoms with van der Waals surface area (Å²) in [4.78, 5) is 0. The van der Waals surface area contributed by atoms with Crippen LogP contribution in [0.4, 0.5) is 0 Å². The number of benzene rings is 2. The van der Waals surface area contributed by atoms with E-state index in [2.05, 4.69) is 48.6 Å². The van der Waals surface area contributed by atoms with E-state index in [0.29, 0.717) is 6.61 Å². The summed E-state index contributed by atoms with van der Waals surface area (Å²) in [5.74, 6) is 0.913. The van der Waals surface area contributed by atoms with E-state index >= 15 is 0 Å². The van der Waals surface area contributed by atoms with Gasteiger partial charge in [0.05, 0.1) is 0 Å². The number of rotatable bonds is 5. The molecule has 1 N–H and O–H groups in total. The van der Waals surface area contributed by atoms with Crippen LogP contribution in [0.25, 0.3) is 0 Å². The van der Waals surface area contributed by atoms with Gasteiger partial charge in [0.25, 0.3) is 0 Å². The first kappa shape index (κ1) is 12.7. The minimum absolute atomic E-state index is 0.618. The van der Waals surface area contributed by atoms with Crippen LogP contribution in [0.15, 0.2) is 48.5 Å². The average Bonchev–Trinajstić information content (AvgIpc) is 2.38. The average molecular weight is 241 g/mol. The van der Waals surface area contributed by atoms with Crippen molar-refractivity contribution >= 4 is 0 Å². The molecular formula is C16H19NO. The molecule has 0 amide bonds. The van der Waals surface area contributed by atoms with Crippen LogP contribution in [-0.4, -0.2) is 7.05 Å². The number of ether oxygens (including phenoxy) is 1. The molecule has 0 bridgehead atoms. The van der Waals surface area contributed by atoms with Crippen LogP contribution < -0.4 is 10.1 Å². The normalized spacial score (nSPS) is 10.3. The maximum absolute atomic E-state index is 5.76. The summed E-state index contributed by atoms with van der Waals surface area (Å²) >= 11 is 0. The van der Waals surface area contributed by atoms with Gasteiger partial charge in [-0.2, -0.15) is 0 Å². The highest BCUT2D eigenvalue weighted by atomic mass is 16.5. The van der Waals surface area contributed by atoms with Gasteiger partial charge in [0.1, 0.15) is 12.4 Å². The first-order valence-electron chi connectivity index (χ1n) is 6.20. The predicted molar refractivity (Wildman–Crippen MR) is 74.7 cm³/mol. The molecule has 0 heterocycles. The van der Waals surface area contributed by atoms with Gasteiger partial charge in [-0.1, -0.05) is 42.0 Å². The Labute approximate surface area is 109 Å². The Morgan fingerprint density at radius 2 is 1.78 bits per heavy atom.